The average molecular weight is 724 g/mol. The van der Waals surface area contributed by atoms with Crippen LogP contribution >= 0.6 is 31.3 Å². The van der Waals surface area contributed by atoms with Crippen LogP contribution in [0.1, 0.15) is 19.6 Å². The molecule has 0 saturated carbocycles. The summed E-state index contributed by atoms with van der Waals surface area (Å²) in [7, 11) is -23.9. The summed E-state index contributed by atoms with van der Waals surface area (Å²) >= 11 is 0. The summed E-state index contributed by atoms with van der Waals surface area (Å²) in [6, 6.07) is 0.875. The quantitative estimate of drug-likeness (QED) is 0.0847. The third-order valence-corrected chi connectivity index (χ3v) is 11.8. The van der Waals surface area contributed by atoms with E-state index in [0.717, 1.165) is 12.3 Å². The van der Waals surface area contributed by atoms with Crippen molar-refractivity contribution in [2.75, 3.05) is 13.2 Å². The van der Waals surface area contributed by atoms with E-state index < -0.39 is 104 Å². The molecule has 2 aliphatic rings. The maximum absolute atomic E-state index is 12.2. The molecule has 0 amide bonds. The number of rotatable bonds is 14. The van der Waals surface area contributed by atoms with E-state index >= 15 is 0 Å². The number of aliphatic hydroxyl groups excluding tert-OH is 4. The van der Waals surface area contributed by atoms with Crippen molar-refractivity contribution in [3.05, 3.63) is 33.1 Å². The fraction of sp³-hybridized carbons (Fsp3) is 0.750. The van der Waals surface area contributed by atoms with Crippen LogP contribution in [0.15, 0.2) is 21.9 Å². The minimum atomic E-state index is -6.19. The van der Waals surface area contributed by atoms with Gasteiger partial charge in [-0.15, -0.1) is 0 Å². The number of aliphatic hydroxyl groups is 5. The minimum Gasteiger partial charge on any atom is -0.387 e. The van der Waals surface area contributed by atoms with Gasteiger partial charge in [0.25, 0.3) is 5.56 Å². The highest BCUT2D eigenvalue weighted by Gasteiger charge is 2.53. The summed E-state index contributed by atoms with van der Waals surface area (Å²) in [6.45, 7) is -0.983. The van der Waals surface area contributed by atoms with Crippen molar-refractivity contribution in [2.24, 2.45) is 0 Å². The predicted octanol–water partition coefficient (Wildman–Crippen LogP) is -3.14. The predicted molar refractivity (Wildman–Crippen MR) is 134 cm³/mol. The number of H-pyrrole nitrogens is 1. The van der Waals surface area contributed by atoms with Crippen LogP contribution in [0.4, 0.5) is 0 Å². The lowest BCUT2D eigenvalue weighted by atomic mass is 10.0. The van der Waals surface area contributed by atoms with Crippen LogP contribution in [-0.2, 0) is 49.7 Å². The fourth-order valence-corrected chi connectivity index (χ4v) is 8.78. The fourth-order valence-electron chi connectivity index (χ4n) is 3.82. The summed E-state index contributed by atoms with van der Waals surface area (Å²) in [4.78, 5) is 63.6. The Hall–Kier alpha value is -1.04. The first-order valence-electron chi connectivity index (χ1n) is 11.8. The molecule has 24 nitrogen and oxygen atoms in total. The molecule has 0 radical (unpaired) electrons. The highest BCUT2D eigenvalue weighted by atomic mass is 31.3. The van der Waals surface area contributed by atoms with Crippen LogP contribution in [0.2, 0.25) is 0 Å². The Morgan fingerprint density at radius 1 is 0.841 bits per heavy atom. The van der Waals surface area contributed by atoms with E-state index in [9.17, 15) is 73.0 Å². The van der Waals surface area contributed by atoms with Crippen molar-refractivity contribution in [3.8, 4) is 0 Å². The largest absolute Gasteiger partial charge is 0.490 e. The maximum atomic E-state index is 12.2. The molecule has 44 heavy (non-hydrogen) atoms. The van der Waals surface area contributed by atoms with E-state index in [4.69, 9.17) is 9.47 Å². The second-order valence-electron chi connectivity index (χ2n) is 9.06. The molecule has 2 fully saturated rings. The first-order chi connectivity index (χ1) is 20.0. The van der Waals surface area contributed by atoms with Crippen LogP contribution in [0.5, 0.6) is 0 Å². The molecule has 1 aromatic heterocycles. The number of aromatic nitrogens is 2. The molecule has 3 rings (SSSR count). The topological polar surface area (TPSA) is 370 Å². The SMILES string of the molecule is CC[C@]1(O)O[C@@H](COP(=O)(O)OP(=O)(O)OP(=O)(O)OP(=O)(O)OC[C@H]2O[C@@H](n3ccc(=O)[nH]c3=O)[C@H](O)[C@@H]2O)[C@H](O)[C@H]1O. The molecule has 0 aromatic carbocycles. The van der Waals surface area contributed by atoms with Gasteiger partial charge < -0.3 is 54.6 Å². The van der Waals surface area contributed by atoms with Gasteiger partial charge in [0.2, 0.25) is 0 Å². The Bertz CT molecular complexity index is 1500. The van der Waals surface area contributed by atoms with Gasteiger partial charge in [-0.25, -0.2) is 23.1 Å². The standard InChI is InChI=1S/C16H28N2O22P4/c1-2-16(25)13(23)11(21)8(37-16)6-35-42(28,29)39-44(32,33)40-43(30,31)38-41(26,27)34-5-7-10(20)12(22)14(36-7)18-4-3-9(19)17-15(18)24/h3-4,7-8,10-14,20-23,25H,2,5-6H2,1H3,(H,26,27)(H,28,29)(H,30,31)(H,32,33)(H,17,19,24)/t7-,8+,10-,11+,12-,13-,14-,16+/m1/s1. The summed E-state index contributed by atoms with van der Waals surface area (Å²) < 4.78 is 79.0. The van der Waals surface area contributed by atoms with Gasteiger partial charge in [0, 0.05) is 18.7 Å². The van der Waals surface area contributed by atoms with Gasteiger partial charge in [-0.1, -0.05) is 6.92 Å². The van der Waals surface area contributed by atoms with Gasteiger partial charge in [0.15, 0.2) is 12.0 Å². The Balaban J connectivity index is 1.55. The summed E-state index contributed by atoms with van der Waals surface area (Å²) in [6.07, 6.45) is -11.9. The summed E-state index contributed by atoms with van der Waals surface area (Å²) in [5.74, 6) is -2.27. The molecule has 0 aliphatic carbocycles. The maximum Gasteiger partial charge on any atom is 0.490 e. The van der Waals surface area contributed by atoms with E-state index in [2.05, 4.69) is 22.0 Å². The van der Waals surface area contributed by atoms with E-state index in [1.54, 1.807) is 0 Å². The van der Waals surface area contributed by atoms with Crippen LogP contribution < -0.4 is 11.2 Å². The number of phosphoric acid groups is 4. The molecule has 12 atom stereocenters. The lowest BCUT2D eigenvalue weighted by molar-refractivity contribution is -0.231. The zero-order valence-electron chi connectivity index (χ0n) is 21.9. The third-order valence-electron chi connectivity index (χ3n) is 5.91. The van der Waals surface area contributed by atoms with E-state index in [-0.39, 0.29) is 6.42 Å². The Labute approximate surface area is 244 Å². The van der Waals surface area contributed by atoms with Crippen molar-refractivity contribution in [3.63, 3.8) is 0 Å². The number of phosphoric ester groups is 2. The van der Waals surface area contributed by atoms with Crippen molar-refractivity contribution < 1.29 is 94.8 Å². The molecular formula is C16H28N2O22P4. The summed E-state index contributed by atoms with van der Waals surface area (Å²) in [5, 5.41) is 50.0. The molecule has 2 aliphatic heterocycles. The Morgan fingerprint density at radius 3 is 1.82 bits per heavy atom. The lowest BCUT2D eigenvalue weighted by Gasteiger charge is -2.24. The van der Waals surface area contributed by atoms with Crippen molar-refractivity contribution in [1.82, 2.24) is 9.55 Å². The molecule has 1 aromatic rings. The molecule has 0 bridgehead atoms. The number of nitrogens with one attached hydrogen (secondary N) is 1. The smallest absolute Gasteiger partial charge is 0.387 e. The van der Waals surface area contributed by atoms with Gasteiger partial charge >= 0.3 is 37.0 Å². The Morgan fingerprint density at radius 2 is 1.34 bits per heavy atom. The first-order valence-corrected chi connectivity index (χ1v) is 17.8. The molecular weight excluding hydrogens is 696 g/mol. The van der Waals surface area contributed by atoms with Crippen molar-refractivity contribution in [1.29, 1.82) is 0 Å². The second kappa shape index (κ2) is 13.6. The summed E-state index contributed by atoms with van der Waals surface area (Å²) in [5.41, 5.74) is -1.87. The average Bonchev–Trinajstić information content (AvgIpc) is 3.27. The van der Waals surface area contributed by atoms with Crippen molar-refractivity contribution in [2.45, 2.75) is 62.0 Å². The molecule has 2 saturated heterocycles. The highest BCUT2D eigenvalue weighted by Crippen LogP contribution is 2.71. The Kier molecular flexibility index (Phi) is 11.6. The number of hydrogen-bond donors (Lipinski definition) is 10. The zero-order chi connectivity index (χ0) is 33.5. The van der Waals surface area contributed by atoms with Gasteiger partial charge in [0.1, 0.15) is 36.6 Å². The van der Waals surface area contributed by atoms with E-state index in [1.807, 2.05) is 4.98 Å². The molecule has 28 heteroatoms. The number of aromatic amines is 1. The van der Waals surface area contributed by atoms with E-state index in [1.165, 1.54) is 6.92 Å². The monoisotopic (exact) mass is 724 g/mol. The molecule has 10 N–H and O–H groups in total. The normalized spacial score (nSPS) is 36.3. The van der Waals surface area contributed by atoms with Crippen LogP contribution in [0.25, 0.3) is 0 Å². The highest BCUT2D eigenvalue weighted by molar-refractivity contribution is 7.69. The van der Waals surface area contributed by atoms with E-state index in [0.29, 0.717) is 4.57 Å². The third kappa shape index (κ3) is 9.28. The van der Waals surface area contributed by atoms with Crippen LogP contribution in [0.3, 0.4) is 0 Å². The number of hydrogen-bond acceptors (Lipinski definition) is 18. The molecule has 3 heterocycles. The van der Waals surface area contributed by atoms with Gasteiger partial charge in [-0.3, -0.25) is 23.4 Å². The lowest BCUT2D eigenvalue weighted by Crippen LogP contribution is -2.42. The molecule has 4 unspecified atom stereocenters. The second-order valence-corrected chi connectivity index (χ2v) is 15.3. The van der Waals surface area contributed by atoms with Crippen LogP contribution in [-0.4, -0.2) is 110 Å². The van der Waals surface area contributed by atoms with Gasteiger partial charge in [-0.2, -0.15) is 12.9 Å². The van der Waals surface area contributed by atoms with Gasteiger partial charge in [-0.05, 0) is 0 Å². The number of ether oxygens (including phenoxy) is 2. The van der Waals surface area contributed by atoms with Crippen molar-refractivity contribution >= 4 is 31.3 Å². The molecule has 254 valence electrons. The first kappa shape index (κ1) is 37.4. The van der Waals surface area contributed by atoms with Gasteiger partial charge in [0.05, 0.1) is 13.2 Å². The zero-order valence-corrected chi connectivity index (χ0v) is 25.5. The number of nitrogens with zero attached hydrogens (tertiary/aromatic N) is 1. The van der Waals surface area contributed by atoms with Crippen LogP contribution in [0, 0.1) is 0 Å². The molecule has 0 spiro atoms. The minimum absolute atomic E-state index is 0.242.